The third-order valence-corrected chi connectivity index (χ3v) is 4.52. The smallest absolute Gasteiger partial charge is 0.201 e. The van der Waals surface area contributed by atoms with Crippen LogP contribution in [0.2, 0.25) is 0 Å². The summed E-state index contributed by atoms with van der Waals surface area (Å²) in [5.41, 5.74) is 9.67. The molecule has 3 rings (SSSR count). The molecule has 1 heterocycles. The summed E-state index contributed by atoms with van der Waals surface area (Å²) in [6.07, 6.45) is 6.54. The molecule has 3 heteroatoms. The molecule has 0 radical (unpaired) electrons. The Morgan fingerprint density at radius 2 is 2.00 bits per heavy atom. The summed E-state index contributed by atoms with van der Waals surface area (Å²) in [6, 6.07) is 6.96. The maximum Gasteiger partial charge on any atom is 0.201 e. The van der Waals surface area contributed by atoms with E-state index in [4.69, 9.17) is 5.73 Å². The Hall–Kier alpha value is -1.51. The monoisotopic (exact) mass is 257 g/mol. The van der Waals surface area contributed by atoms with E-state index in [1.807, 2.05) is 0 Å². The number of benzene rings is 1. The first-order valence-corrected chi connectivity index (χ1v) is 7.41. The summed E-state index contributed by atoms with van der Waals surface area (Å²) < 4.78 is 2.28. The normalized spacial score (nSPS) is 24.5. The lowest BCUT2D eigenvalue weighted by molar-refractivity contribution is 0.344. The fourth-order valence-corrected chi connectivity index (χ4v) is 3.43. The molecule has 0 amide bonds. The van der Waals surface area contributed by atoms with Crippen LogP contribution in [0.3, 0.4) is 0 Å². The van der Waals surface area contributed by atoms with Crippen molar-refractivity contribution in [3.8, 4) is 0 Å². The average molecular weight is 257 g/mol. The van der Waals surface area contributed by atoms with Crippen molar-refractivity contribution in [2.45, 2.75) is 52.0 Å². The van der Waals surface area contributed by atoms with Gasteiger partial charge in [0.05, 0.1) is 11.0 Å². The van der Waals surface area contributed by atoms with Crippen LogP contribution in [0.1, 0.15) is 50.6 Å². The number of anilines is 1. The Morgan fingerprint density at radius 3 is 2.84 bits per heavy atom. The van der Waals surface area contributed by atoms with Crippen LogP contribution in [0.15, 0.2) is 18.2 Å². The van der Waals surface area contributed by atoms with Crippen molar-refractivity contribution in [2.75, 3.05) is 5.73 Å². The summed E-state index contributed by atoms with van der Waals surface area (Å²) in [7, 11) is 0. The highest BCUT2D eigenvalue weighted by Crippen LogP contribution is 2.36. The molecule has 2 unspecified atom stereocenters. The van der Waals surface area contributed by atoms with Crippen LogP contribution in [-0.2, 0) is 0 Å². The van der Waals surface area contributed by atoms with Gasteiger partial charge in [0.15, 0.2) is 0 Å². The van der Waals surface area contributed by atoms with E-state index in [1.54, 1.807) is 0 Å². The number of nitrogens with zero attached hydrogens (tertiary/aromatic N) is 2. The van der Waals surface area contributed by atoms with Crippen molar-refractivity contribution in [1.82, 2.24) is 9.55 Å². The van der Waals surface area contributed by atoms with Crippen LogP contribution in [0.5, 0.6) is 0 Å². The number of nitrogens with two attached hydrogens (primary N) is 1. The number of rotatable bonds is 1. The molecule has 2 aromatic rings. The van der Waals surface area contributed by atoms with Crippen molar-refractivity contribution in [1.29, 1.82) is 0 Å². The van der Waals surface area contributed by atoms with Gasteiger partial charge in [0.1, 0.15) is 0 Å². The molecule has 19 heavy (non-hydrogen) atoms. The summed E-state index contributed by atoms with van der Waals surface area (Å²) in [4.78, 5) is 4.55. The molecular formula is C16H23N3. The second-order valence-corrected chi connectivity index (χ2v) is 6.01. The van der Waals surface area contributed by atoms with E-state index in [0.717, 1.165) is 5.52 Å². The zero-order valence-corrected chi connectivity index (χ0v) is 11.9. The average Bonchev–Trinajstić information content (AvgIpc) is 2.54. The molecular weight excluding hydrogens is 234 g/mol. The lowest BCUT2D eigenvalue weighted by atomic mass is 9.96. The van der Waals surface area contributed by atoms with Crippen molar-refractivity contribution in [2.24, 2.45) is 5.92 Å². The molecule has 1 aliphatic carbocycles. The third-order valence-electron chi connectivity index (χ3n) is 4.52. The highest BCUT2D eigenvalue weighted by molar-refractivity contribution is 5.79. The van der Waals surface area contributed by atoms with Gasteiger partial charge in [0, 0.05) is 6.04 Å². The maximum absolute atomic E-state index is 6.20. The lowest BCUT2D eigenvalue weighted by Crippen LogP contribution is -2.18. The molecule has 3 nitrogen and oxygen atoms in total. The summed E-state index contributed by atoms with van der Waals surface area (Å²) >= 11 is 0. The Bertz CT molecular complexity index is 585. The van der Waals surface area contributed by atoms with Crippen molar-refractivity contribution in [3.05, 3.63) is 23.8 Å². The number of hydrogen-bond acceptors (Lipinski definition) is 2. The van der Waals surface area contributed by atoms with Gasteiger partial charge in [-0.2, -0.15) is 0 Å². The minimum absolute atomic E-state index is 0.509. The topological polar surface area (TPSA) is 43.8 Å². The highest BCUT2D eigenvalue weighted by atomic mass is 15.2. The second kappa shape index (κ2) is 4.87. The fraction of sp³-hybridized carbons (Fsp3) is 0.562. The zero-order valence-electron chi connectivity index (χ0n) is 11.9. The molecule has 0 aliphatic heterocycles. The Labute approximate surface area is 114 Å². The van der Waals surface area contributed by atoms with Crippen molar-refractivity contribution in [3.63, 3.8) is 0 Å². The quantitative estimate of drug-likeness (QED) is 0.783. The molecule has 1 aliphatic rings. The van der Waals surface area contributed by atoms with Gasteiger partial charge >= 0.3 is 0 Å². The molecule has 1 aromatic carbocycles. The van der Waals surface area contributed by atoms with E-state index in [0.29, 0.717) is 17.9 Å². The van der Waals surface area contributed by atoms with Crippen molar-refractivity contribution < 1.29 is 0 Å². The molecule has 1 aromatic heterocycles. The predicted molar refractivity (Wildman–Crippen MR) is 80.2 cm³/mol. The van der Waals surface area contributed by atoms with Crippen LogP contribution in [0.25, 0.3) is 11.0 Å². The lowest BCUT2D eigenvalue weighted by Gasteiger charge is -2.24. The minimum atomic E-state index is 0.509. The Morgan fingerprint density at radius 1 is 1.21 bits per heavy atom. The van der Waals surface area contributed by atoms with Gasteiger partial charge in [-0.15, -0.1) is 0 Å². The van der Waals surface area contributed by atoms with E-state index in [1.165, 1.54) is 43.2 Å². The third kappa shape index (κ3) is 2.22. The Balaban J connectivity index is 2.10. The second-order valence-electron chi connectivity index (χ2n) is 6.01. The largest absolute Gasteiger partial charge is 0.369 e. The Kier molecular flexibility index (Phi) is 3.21. The summed E-state index contributed by atoms with van der Waals surface area (Å²) in [5.74, 6) is 1.36. The van der Waals surface area contributed by atoms with Gasteiger partial charge < -0.3 is 10.3 Å². The molecule has 1 saturated carbocycles. The molecule has 2 atom stereocenters. The van der Waals surface area contributed by atoms with Gasteiger partial charge in [-0.25, -0.2) is 4.98 Å². The number of hydrogen-bond donors (Lipinski definition) is 1. The molecule has 1 fully saturated rings. The number of aromatic nitrogens is 2. The number of nitrogen functional groups attached to an aromatic ring is 1. The molecule has 0 bridgehead atoms. The van der Waals surface area contributed by atoms with Gasteiger partial charge in [0.2, 0.25) is 5.95 Å². The van der Waals surface area contributed by atoms with E-state index in [2.05, 4.69) is 41.6 Å². The van der Waals surface area contributed by atoms with Crippen LogP contribution >= 0.6 is 0 Å². The minimum Gasteiger partial charge on any atom is -0.369 e. The fourth-order valence-electron chi connectivity index (χ4n) is 3.43. The van der Waals surface area contributed by atoms with Gasteiger partial charge in [-0.1, -0.05) is 32.3 Å². The molecule has 2 N–H and O–H groups in total. The number of fused-ring (bicyclic) bond motifs is 1. The number of imidazole rings is 1. The van der Waals surface area contributed by atoms with Gasteiger partial charge in [-0.3, -0.25) is 0 Å². The van der Waals surface area contributed by atoms with Gasteiger partial charge in [0.25, 0.3) is 0 Å². The first kappa shape index (κ1) is 12.5. The standard InChI is InChI=1S/C16H23N3/c1-11-8-9-15-13(10-11)18-16(17)19(15)14-7-5-3-4-6-12(14)2/h8-10,12,14H,3-7H2,1-2H3,(H2,17,18). The van der Waals surface area contributed by atoms with Crippen LogP contribution in [0, 0.1) is 12.8 Å². The van der Waals surface area contributed by atoms with Gasteiger partial charge in [-0.05, 0) is 43.4 Å². The van der Waals surface area contributed by atoms with E-state index in [-0.39, 0.29) is 0 Å². The summed E-state index contributed by atoms with van der Waals surface area (Å²) in [5, 5.41) is 0. The highest BCUT2D eigenvalue weighted by Gasteiger charge is 2.24. The predicted octanol–water partition coefficient (Wildman–Crippen LogP) is 4.07. The van der Waals surface area contributed by atoms with Crippen molar-refractivity contribution >= 4 is 17.0 Å². The first-order valence-electron chi connectivity index (χ1n) is 7.41. The number of aryl methyl sites for hydroxylation is 1. The molecule has 0 saturated heterocycles. The SMILES string of the molecule is Cc1ccc2c(c1)nc(N)n2C1CCCCCC1C. The van der Waals surface area contributed by atoms with E-state index >= 15 is 0 Å². The van der Waals surface area contributed by atoms with Crippen LogP contribution in [0.4, 0.5) is 5.95 Å². The maximum atomic E-state index is 6.20. The van der Waals surface area contributed by atoms with Crippen LogP contribution < -0.4 is 5.73 Å². The van der Waals surface area contributed by atoms with E-state index in [9.17, 15) is 0 Å². The van der Waals surface area contributed by atoms with E-state index < -0.39 is 0 Å². The molecule has 0 spiro atoms. The summed E-state index contributed by atoms with van der Waals surface area (Å²) in [6.45, 7) is 4.46. The molecule has 102 valence electrons. The zero-order chi connectivity index (χ0) is 13.4. The van der Waals surface area contributed by atoms with Crippen LogP contribution in [-0.4, -0.2) is 9.55 Å². The first-order chi connectivity index (χ1) is 9.16.